The molecule has 2 aromatic carbocycles. The number of hydrogen-bond donors (Lipinski definition) is 6. The van der Waals surface area contributed by atoms with E-state index in [1.165, 1.54) is 18.2 Å². The van der Waals surface area contributed by atoms with Crippen molar-refractivity contribution in [2.45, 2.75) is 56.4 Å². The summed E-state index contributed by atoms with van der Waals surface area (Å²) < 4.78 is 14.1. The van der Waals surface area contributed by atoms with E-state index in [0.29, 0.717) is 33.9 Å². The van der Waals surface area contributed by atoms with Gasteiger partial charge < -0.3 is 21.4 Å². The molecule has 1 saturated heterocycles. The van der Waals surface area contributed by atoms with Crippen molar-refractivity contribution < 1.29 is 9.18 Å². The summed E-state index contributed by atoms with van der Waals surface area (Å²) in [6.45, 7) is -0.00571. The van der Waals surface area contributed by atoms with Crippen molar-refractivity contribution in [3.05, 3.63) is 87.2 Å². The summed E-state index contributed by atoms with van der Waals surface area (Å²) >= 11 is 12.6. The molecule has 5 rings (SSSR count). The molecule has 4 unspecified atom stereocenters. The van der Waals surface area contributed by atoms with E-state index in [9.17, 15) is 9.18 Å². The largest absolute Gasteiger partial charge is 0.343 e. The molecule has 2 fully saturated rings. The summed E-state index contributed by atoms with van der Waals surface area (Å²) in [5.74, 6) is 0.726. The van der Waals surface area contributed by atoms with Crippen LogP contribution in [0.5, 0.6) is 0 Å². The van der Waals surface area contributed by atoms with Crippen LogP contribution in [0, 0.1) is 11.7 Å². The lowest BCUT2D eigenvalue weighted by Gasteiger charge is -2.31. The van der Waals surface area contributed by atoms with Gasteiger partial charge in [-0.1, -0.05) is 53.5 Å². The van der Waals surface area contributed by atoms with Gasteiger partial charge in [-0.15, -0.1) is 0 Å². The molecule has 0 bridgehead atoms. The Labute approximate surface area is 224 Å². The molecule has 1 aromatic heterocycles. The first kappa shape index (κ1) is 25.9. The average Bonchev–Trinajstić information content (AvgIpc) is 3.47. The second-order valence-corrected chi connectivity index (χ2v) is 10.5. The van der Waals surface area contributed by atoms with E-state index in [0.717, 1.165) is 30.5 Å². The first-order chi connectivity index (χ1) is 17.9. The number of halogens is 3. The zero-order valence-corrected chi connectivity index (χ0v) is 21.6. The smallest absolute Gasteiger partial charge is 0.315 e. The molecule has 2 aliphatic rings. The number of fused-ring (bicyclic) bond motifs is 1. The predicted molar refractivity (Wildman–Crippen MR) is 141 cm³/mol. The summed E-state index contributed by atoms with van der Waals surface area (Å²) in [5, 5.41) is 6.51. The van der Waals surface area contributed by atoms with Gasteiger partial charge in [-0.2, -0.15) is 0 Å². The van der Waals surface area contributed by atoms with Gasteiger partial charge in [0.05, 0.1) is 17.9 Å². The van der Waals surface area contributed by atoms with Crippen LogP contribution >= 0.6 is 23.2 Å². The van der Waals surface area contributed by atoms with Gasteiger partial charge in [-0.05, 0) is 49.4 Å². The molecule has 37 heavy (non-hydrogen) atoms. The Bertz CT molecular complexity index is 1240. The second-order valence-electron chi connectivity index (χ2n) is 9.73. The summed E-state index contributed by atoms with van der Waals surface area (Å²) in [5.41, 5.74) is 14.8. The van der Waals surface area contributed by atoms with E-state index >= 15 is 0 Å². The van der Waals surface area contributed by atoms with Crippen molar-refractivity contribution in [1.29, 1.82) is 0 Å². The topological polar surface area (TPSA) is 120 Å². The molecule has 11 heteroatoms. The Hall–Kier alpha value is -2.69. The second kappa shape index (κ2) is 11.4. The normalized spacial score (nSPS) is 23.9. The summed E-state index contributed by atoms with van der Waals surface area (Å²) in [7, 11) is 0. The van der Waals surface area contributed by atoms with Gasteiger partial charge >= 0.3 is 6.03 Å². The number of imidazole rings is 1. The van der Waals surface area contributed by atoms with Gasteiger partial charge in [0, 0.05) is 35.0 Å². The maximum atomic E-state index is 14.1. The number of nitrogens with one attached hydrogen (secondary N) is 5. The Morgan fingerprint density at radius 1 is 1.16 bits per heavy atom. The van der Waals surface area contributed by atoms with E-state index in [1.54, 1.807) is 0 Å². The molecule has 8 nitrogen and oxygen atoms in total. The van der Waals surface area contributed by atoms with Crippen molar-refractivity contribution in [3.8, 4) is 0 Å². The lowest BCUT2D eigenvalue weighted by atomic mass is 9.77. The van der Waals surface area contributed by atoms with Crippen LogP contribution in [0.3, 0.4) is 0 Å². The van der Waals surface area contributed by atoms with Crippen LogP contribution in [0.25, 0.3) is 0 Å². The van der Waals surface area contributed by atoms with Crippen molar-refractivity contribution in [2.24, 2.45) is 11.7 Å². The van der Waals surface area contributed by atoms with Crippen LogP contribution < -0.4 is 27.2 Å². The summed E-state index contributed by atoms with van der Waals surface area (Å²) in [4.78, 5) is 20.9. The highest BCUT2D eigenvalue weighted by Crippen LogP contribution is 2.40. The molecule has 5 atom stereocenters. The highest BCUT2D eigenvalue weighted by Gasteiger charge is 2.40. The highest BCUT2D eigenvalue weighted by molar-refractivity contribution is 6.30. The fourth-order valence-electron chi connectivity index (χ4n) is 5.31. The molecule has 1 aliphatic carbocycles. The van der Waals surface area contributed by atoms with Gasteiger partial charge in [-0.25, -0.2) is 19.6 Å². The number of urea groups is 1. The van der Waals surface area contributed by atoms with Crippen LogP contribution in [0.15, 0.2) is 48.5 Å². The Morgan fingerprint density at radius 3 is 2.78 bits per heavy atom. The van der Waals surface area contributed by atoms with Crippen LogP contribution in [0.2, 0.25) is 10.2 Å². The van der Waals surface area contributed by atoms with Gasteiger partial charge in [0.25, 0.3) is 0 Å². The number of hydrazine groups is 1. The molecular weight excluding hydrogens is 516 g/mol. The quantitative estimate of drug-likeness (QED) is 0.264. The molecule has 7 N–H and O–H groups in total. The molecule has 1 aliphatic heterocycles. The number of carbonyl (C=O) groups is 1. The van der Waals surface area contributed by atoms with Crippen molar-refractivity contribution in [1.82, 2.24) is 31.5 Å². The standard InChI is InChI=1S/C26H30Cl2FN7O/c27-17-7-9-19(29)16(11-17)13-31-26(37)32-21(10-14-4-2-1-3-5-14)25-33-22(23(28)34-25)15-6-8-18-20(12-15)35-36-24(18)30/h1-5,7,9,11,15,18,20-21,24,35-36H,6,8,10,12-13,30H2,(H,33,34)(H2,31,32,37)/t15?,18?,20?,21-,24?/m0/s1. The maximum absolute atomic E-state index is 14.1. The maximum Gasteiger partial charge on any atom is 0.315 e. The molecular formula is C26H30Cl2FN7O. The van der Waals surface area contributed by atoms with E-state index in [2.05, 4.69) is 31.5 Å². The zero-order valence-electron chi connectivity index (χ0n) is 20.1. The number of aromatic amines is 1. The third-order valence-corrected chi connectivity index (χ3v) is 7.80. The zero-order chi connectivity index (χ0) is 25.9. The van der Waals surface area contributed by atoms with E-state index < -0.39 is 17.9 Å². The van der Waals surface area contributed by atoms with Gasteiger partial charge in [0.1, 0.15) is 11.6 Å². The fraction of sp³-hybridized carbons (Fsp3) is 0.385. The monoisotopic (exact) mass is 545 g/mol. The van der Waals surface area contributed by atoms with Crippen LogP contribution in [-0.2, 0) is 13.0 Å². The van der Waals surface area contributed by atoms with Crippen LogP contribution in [-0.4, -0.2) is 28.2 Å². The number of amides is 2. The van der Waals surface area contributed by atoms with Gasteiger partial charge in [0.15, 0.2) is 5.15 Å². The molecule has 2 heterocycles. The van der Waals surface area contributed by atoms with Crippen molar-refractivity contribution in [3.63, 3.8) is 0 Å². The minimum absolute atomic E-state index is 0.00571. The number of carbonyl (C=O) groups excluding carboxylic acids is 1. The Morgan fingerprint density at radius 2 is 1.97 bits per heavy atom. The third kappa shape index (κ3) is 6.08. The number of hydrogen-bond acceptors (Lipinski definition) is 5. The Balaban J connectivity index is 1.31. The van der Waals surface area contributed by atoms with E-state index in [4.69, 9.17) is 28.9 Å². The van der Waals surface area contributed by atoms with Gasteiger partial charge in [-0.3, -0.25) is 5.43 Å². The predicted octanol–water partition coefficient (Wildman–Crippen LogP) is 4.28. The van der Waals surface area contributed by atoms with Crippen molar-refractivity contribution in [2.75, 3.05) is 0 Å². The number of rotatable bonds is 7. The van der Waals surface area contributed by atoms with Crippen LogP contribution in [0.1, 0.15) is 53.9 Å². The lowest BCUT2D eigenvalue weighted by molar-refractivity contribution is 0.236. The molecule has 3 aromatic rings. The first-order valence-corrected chi connectivity index (χ1v) is 13.2. The minimum Gasteiger partial charge on any atom is -0.343 e. The highest BCUT2D eigenvalue weighted by atomic mass is 35.5. The molecule has 0 spiro atoms. The van der Waals surface area contributed by atoms with Crippen molar-refractivity contribution >= 4 is 29.2 Å². The summed E-state index contributed by atoms with van der Waals surface area (Å²) in [6, 6.07) is 13.4. The Kier molecular flexibility index (Phi) is 7.97. The first-order valence-electron chi connectivity index (χ1n) is 12.4. The van der Waals surface area contributed by atoms with Crippen LogP contribution in [0.4, 0.5) is 9.18 Å². The molecule has 1 saturated carbocycles. The third-order valence-electron chi connectivity index (χ3n) is 7.28. The molecule has 2 amide bonds. The van der Waals surface area contributed by atoms with Gasteiger partial charge in [0.2, 0.25) is 0 Å². The minimum atomic E-state index is -0.478. The SMILES string of the molecule is NC1NNC2CC(c3[nH]c([C@H](Cc4ccccc4)NC(=O)NCc4cc(Cl)ccc4F)nc3Cl)CCC12. The number of H-pyrrole nitrogens is 1. The molecule has 196 valence electrons. The van der Waals surface area contributed by atoms with E-state index in [1.807, 2.05) is 30.3 Å². The average molecular weight is 546 g/mol. The number of aromatic nitrogens is 2. The number of nitrogens with two attached hydrogens (primary N) is 1. The van der Waals surface area contributed by atoms with E-state index in [-0.39, 0.29) is 24.7 Å². The lowest BCUT2D eigenvalue weighted by Crippen LogP contribution is -2.39. The number of nitrogens with zero attached hydrogens (tertiary/aromatic N) is 1. The molecule has 0 radical (unpaired) electrons. The number of benzene rings is 2. The fourth-order valence-corrected chi connectivity index (χ4v) is 5.80. The summed E-state index contributed by atoms with van der Waals surface area (Å²) in [6.07, 6.45) is 3.27.